The number of rotatable bonds is 4. The van der Waals surface area contributed by atoms with Crippen molar-refractivity contribution in [1.29, 1.82) is 0 Å². The SMILES string of the molecule is CCc1ccc(-c2nc(C(=O)O)c(CN)s2)cc1. The molecule has 1 aromatic carbocycles. The Morgan fingerprint density at radius 3 is 2.50 bits per heavy atom. The number of carboxylic acid groups (broad SMARTS) is 1. The van der Waals surface area contributed by atoms with Gasteiger partial charge in [-0.1, -0.05) is 31.2 Å². The standard InChI is InChI=1S/C13H14N2O2S/c1-2-8-3-5-9(6-4-8)12-15-11(13(16)17)10(7-14)18-12/h3-6H,2,7,14H2,1H3,(H,16,17). The van der Waals surface area contributed by atoms with Gasteiger partial charge >= 0.3 is 5.97 Å². The Kier molecular flexibility index (Phi) is 3.74. The molecule has 0 unspecified atom stereocenters. The van der Waals surface area contributed by atoms with Gasteiger partial charge in [0.1, 0.15) is 5.01 Å². The van der Waals surface area contributed by atoms with E-state index in [1.54, 1.807) is 0 Å². The number of thiazole rings is 1. The first-order chi connectivity index (χ1) is 8.65. The van der Waals surface area contributed by atoms with Crippen molar-refractivity contribution in [3.8, 4) is 10.6 Å². The van der Waals surface area contributed by atoms with Crippen molar-refractivity contribution in [2.75, 3.05) is 0 Å². The van der Waals surface area contributed by atoms with E-state index >= 15 is 0 Å². The van der Waals surface area contributed by atoms with Crippen molar-refractivity contribution in [2.45, 2.75) is 19.9 Å². The summed E-state index contributed by atoms with van der Waals surface area (Å²) in [6, 6.07) is 7.98. The van der Waals surface area contributed by atoms with Crippen LogP contribution in [-0.4, -0.2) is 16.1 Å². The summed E-state index contributed by atoms with van der Waals surface area (Å²) in [5.41, 5.74) is 7.77. The molecule has 1 aromatic heterocycles. The zero-order chi connectivity index (χ0) is 13.1. The molecular weight excluding hydrogens is 248 g/mol. The van der Waals surface area contributed by atoms with Crippen molar-refractivity contribution in [2.24, 2.45) is 5.73 Å². The molecule has 0 saturated carbocycles. The van der Waals surface area contributed by atoms with Crippen LogP contribution in [-0.2, 0) is 13.0 Å². The lowest BCUT2D eigenvalue weighted by atomic mass is 10.1. The number of aryl methyl sites for hydroxylation is 1. The van der Waals surface area contributed by atoms with E-state index < -0.39 is 5.97 Å². The van der Waals surface area contributed by atoms with Gasteiger partial charge in [0.15, 0.2) is 5.69 Å². The van der Waals surface area contributed by atoms with Gasteiger partial charge in [0.05, 0.1) is 4.88 Å². The van der Waals surface area contributed by atoms with Gasteiger partial charge < -0.3 is 10.8 Å². The number of benzene rings is 1. The Hall–Kier alpha value is -1.72. The number of carboxylic acids is 1. The summed E-state index contributed by atoms with van der Waals surface area (Å²) in [6.07, 6.45) is 0.979. The molecule has 0 aliphatic heterocycles. The Morgan fingerprint density at radius 2 is 2.06 bits per heavy atom. The van der Waals surface area contributed by atoms with Gasteiger partial charge in [-0.15, -0.1) is 11.3 Å². The number of hydrogen-bond donors (Lipinski definition) is 2. The third-order valence-electron chi connectivity index (χ3n) is 2.69. The molecule has 4 nitrogen and oxygen atoms in total. The third kappa shape index (κ3) is 2.42. The Labute approximate surface area is 109 Å². The van der Waals surface area contributed by atoms with E-state index in [4.69, 9.17) is 10.8 Å². The van der Waals surface area contributed by atoms with Crippen LogP contribution in [0.3, 0.4) is 0 Å². The maximum atomic E-state index is 11.0. The fourth-order valence-electron chi connectivity index (χ4n) is 1.66. The molecule has 0 fully saturated rings. The van der Waals surface area contributed by atoms with Crippen LogP contribution in [0.2, 0.25) is 0 Å². The minimum Gasteiger partial charge on any atom is -0.476 e. The number of aromatic carboxylic acids is 1. The number of aromatic nitrogens is 1. The van der Waals surface area contributed by atoms with E-state index in [9.17, 15) is 4.79 Å². The summed E-state index contributed by atoms with van der Waals surface area (Å²) in [5.74, 6) is -1.02. The Balaban J connectivity index is 2.40. The average Bonchev–Trinajstić information content (AvgIpc) is 2.83. The van der Waals surface area contributed by atoms with Crippen molar-refractivity contribution in [3.63, 3.8) is 0 Å². The molecule has 0 aliphatic carbocycles. The largest absolute Gasteiger partial charge is 0.476 e. The van der Waals surface area contributed by atoms with Crippen LogP contribution >= 0.6 is 11.3 Å². The fraction of sp³-hybridized carbons (Fsp3) is 0.231. The van der Waals surface area contributed by atoms with Crippen LogP contribution in [0.4, 0.5) is 0 Å². The fourth-order valence-corrected chi connectivity index (χ4v) is 2.60. The van der Waals surface area contributed by atoms with Gasteiger partial charge in [-0.2, -0.15) is 0 Å². The molecule has 0 atom stereocenters. The van der Waals surface area contributed by atoms with Crippen LogP contribution < -0.4 is 5.73 Å². The lowest BCUT2D eigenvalue weighted by Gasteiger charge is -1.98. The highest BCUT2D eigenvalue weighted by molar-refractivity contribution is 7.15. The maximum Gasteiger partial charge on any atom is 0.355 e. The Bertz CT molecular complexity index is 561. The molecule has 0 saturated heterocycles. The van der Waals surface area contributed by atoms with E-state index in [-0.39, 0.29) is 12.2 Å². The summed E-state index contributed by atoms with van der Waals surface area (Å²) >= 11 is 1.34. The molecule has 0 spiro atoms. The smallest absolute Gasteiger partial charge is 0.355 e. The van der Waals surface area contributed by atoms with Crippen molar-refractivity contribution >= 4 is 17.3 Å². The lowest BCUT2D eigenvalue weighted by Crippen LogP contribution is -2.04. The molecule has 0 bridgehead atoms. The van der Waals surface area contributed by atoms with Gasteiger partial charge in [0, 0.05) is 12.1 Å². The second-order valence-electron chi connectivity index (χ2n) is 3.85. The highest BCUT2D eigenvalue weighted by Crippen LogP contribution is 2.28. The zero-order valence-corrected chi connectivity index (χ0v) is 10.8. The van der Waals surface area contributed by atoms with E-state index in [0.717, 1.165) is 12.0 Å². The average molecular weight is 262 g/mol. The molecule has 5 heteroatoms. The van der Waals surface area contributed by atoms with E-state index in [2.05, 4.69) is 11.9 Å². The summed E-state index contributed by atoms with van der Waals surface area (Å²) < 4.78 is 0. The van der Waals surface area contributed by atoms with E-state index in [1.807, 2.05) is 24.3 Å². The molecule has 94 valence electrons. The Morgan fingerprint density at radius 1 is 1.39 bits per heavy atom. The van der Waals surface area contributed by atoms with Gasteiger partial charge in [-0.05, 0) is 12.0 Å². The predicted molar refractivity (Wildman–Crippen MR) is 71.8 cm³/mol. The van der Waals surface area contributed by atoms with Crippen molar-refractivity contribution < 1.29 is 9.90 Å². The minimum atomic E-state index is -1.02. The summed E-state index contributed by atoms with van der Waals surface area (Å²) in [5, 5.41) is 9.73. The monoisotopic (exact) mass is 262 g/mol. The summed E-state index contributed by atoms with van der Waals surface area (Å²) in [7, 11) is 0. The van der Waals surface area contributed by atoms with E-state index in [1.165, 1.54) is 16.9 Å². The van der Waals surface area contributed by atoms with Gasteiger partial charge in [-0.25, -0.2) is 9.78 Å². The van der Waals surface area contributed by atoms with E-state index in [0.29, 0.717) is 9.88 Å². The van der Waals surface area contributed by atoms with Crippen molar-refractivity contribution in [3.05, 3.63) is 40.4 Å². The van der Waals surface area contributed by atoms with Gasteiger partial charge in [0.2, 0.25) is 0 Å². The second-order valence-corrected chi connectivity index (χ2v) is 4.93. The van der Waals surface area contributed by atoms with Gasteiger partial charge in [-0.3, -0.25) is 0 Å². The molecule has 0 amide bonds. The molecule has 2 rings (SSSR count). The summed E-state index contributed by atoms with van der Waals surface area (Å²) in [6.45, 7) is 2.29. The minimum absolute atomic E-state index is 0.0667. The van der Waals surface area contributed by atoms with Crippen molar-refractivity contribution in [1.82, 2.24) is 4.98 Å². The molecular formula is C13H14N2O2S. The normalized spacial score (nSPS) is 10.6. The molecule has 18 heavy (non-hydrogen) atoms. The topological polar surface area (TPSA) is 76.2 Å². The molecule has 2 aromatic rings. The third-order valence-corrected chi connectivity index (χ3v) is 3.82. The van der Waals surface area contributed by atoms with Crippen LogP contribution in [0, 0.1) is 0 Å². The number of carbonyl (C=O) groups is 1. The highest BCUT2D eigenvalue weighted by Gasteiger charge is 2.16. The molecule has 0 radical (unpaired) electrons. The zero-order valence-electron chi connectivity index (χ0n) is 10.0. The predicted octanol–water partition coefficient (Wildman–Crippen LogP) is 2.53. The van der Waals surface area contributed by atoms with Crippen LogP contribution in [0.1, 0.15) is 27.9 Å². The lowest BCUT2D eigenvalue weighted by molar-refractivity contribution is 0.0690. The summed E-state index contributed by atoms with van der Waals surface area (Å²) in [4.78, 5) is 15.8. The number of nitrogens with two attached hydrogens (primary N) is 1. The highest BCUT2D eigenvalue weighted by atomic mass is 32.1. The molecule has 3 N–H and O–H groups in total. The maximum absolute atomic E-state index is 11.0. The first-order valence-corrected chi connectivity index (χ1v) is 6.49. The van der Waals surface area contributed by atoms with Crippen LogP contribution in [0.15, 0.2) is 24.3 Å². The first-order valence-electron chi connectivity index (χ1n) is 5.68. The van der Waals surface area contributed by atoms with Crippen LogP contribution in [0.5, 0.6) is 0 Å². The molecule has 0 aliphatic rings. The van der Waals surface area contributed by atoms with Gasteiger partial charge in [0.25, 0.3) is 0 Å². The molecule has 1 heterocycles. The second kappa shape index (κ2) is 5.29. The first kappa shape index (κ1) is 12.7. The number of nitrogens with zero attached hydrogens (tertiary/aromatic N) is 1. The van der Waals surface area contributed by atoms with Crippen LogP contribution in [0.25, 0.3) is 10.6 Å². The number of hydrogen-bond acceptors (Lipinski definition) is 4. The quantitative estimate of drug-likeness (QED) is 0.887.